The van der Waals surface area contributed by atoms with Gasteiger partial charge in [0, 0.05) is 15.3 Å². The number of halogens is 1. The number of anilines is 1. The summed E-state index contributed by atoms with van der Waals surface area (Å²) in [6.07, 6.45) is 3.35. The van der Waals surface area contributed by atoms with E-state index < -0.39 is 0 Å². The van der Waals surface area contributed by atoms with Crippen LogP contribution in [0.4, 0.5) is 5.69 Å². The Morgan fingerprint density at radius 3 is 2.86 bits per heavy atom. The third-order valence-corrected chi connectivity index (χ3v) is 4.46. The molecule has 0 bridgehead atoms. The molecule has 1 aromatic carbocycles. The first kappa shape index (κ1) is 16.7. The summed E-state index contributed by atoms with van der Waals surface area (Å²) in [5.41, 5.74) is 0.883. The van der Waals surface area contributed by atoms with Crippen LogP contribution in [0.2, 0.25) is 0 Å². The van der Waals surface area contributed by atoms with Gasteiger partial charge in [-0.3, -0.25) is 9.69 Å². The van der Waals surface area contributed by atoms with Crippen LogP contribution in [-0.2, 0) is 4.79 Å². The summed E-state index contributed by atoms with van der Waals surface area (Å²) in [5.74, 6) is 0.0870. The van der Waals surface area contributed by atoms with Crippen molar-refractivity contribution in [1.29, 1.82) is 0 Å². The first-order valence-corrected chi connectivity index (χ1v) is 8.77. The zero-order chi connectivity index (χ0) is 15.1. The van der Waals surface area contributed by atoms with Crippen molar-refractivity contribution >= 4 is 34.2 Å². The summed E-state index contributed by atoms with van der Waals surface area (Å²) in [6.45, 7) is 5.77. The Labute approximate surface area is 140 Å². The molecule has 1 heterocycles. The standard InChI is InChI=1S/C16H24IN3O/c1-2-10-20(15-6-8-18-9-7-15)12-16(21)19-14-5-3-4-13(17)11-14/h3-5,11,15,18H,2,6-10,12H2,1H3,(H,19,21). The number of hydrogen-bond acceptors (Lipinski definition) is 3. The van der Waals surface area contributed by atoms with Gasteiger partial charge < -0.3 is 10.6 Å². The summed E-state index contributed by atoms with van der Waals surface area (Å²) in [5, 5.41) is 6.39. The largest absolute Gasteiger partial charge is 0.325 e. The minimum atomic E-state index is 0.0870. The molecule has 5 heteroatoms. The zero-order valence-electron chi connectivity index (χ0n) is 12.6. The molecule has 1 aliphatic rings. The van der Waals surface area contributed by atoms with Crippen molar-refractivity contribution in [1.82, 2.24) is 10.2 Å². The number of nitrogens with one attached hydrogen (secondary N) is 2. The van der Waals surface area contributed by atoms with E-state index in [1.165, 1.54) is 0 Å². The van der Waals surface area contributed by atoms with Crippen molar-refractivity contribution in [2.45, 2.75) is 32.2 Å². The maximum Gasteiger partial charge on any atom is 0.238 e. The van der Waals surface area contributed by atoms with Crippen LogP contribution in [0.1, 0.15) is 26.2 Å². The molecular weight excluding hydrogens is 377 g/mol. The summed E-state index contributed by atoms with van der Waals surface area (Å²) < 4.78 is 1.13. The number of nitrogens with zero attached hydrogens (tertiary/aromatic N) is 1. The lowest BCUT2D eigenvalue weighted by molar-refractivity contribution is -0.118. The molecule has 2 N–H and O–H groups in total. The molecule has 0 atom stereocenters. The van der Waals surface area contributed by atoms with Gasteiger partial charge >= 0.3 is 0 Å². The van der Waals surface area contributed by atoms with Gasteiger partial charge in [0.25, 0.3) is 0 Å². The first-order valence-electron chi connectivity index (χ1n) is 7.69. The van der Waals surface area contributed by atoms with E-state index in [1.807, 2.05) is 24.3 Å². The number of hydrogen-bond donors (Lipinski definition) is 2. The zero-order valence-corrected chi connectivity index (χ0v) is 14.7. The average molecular weight is 401 g/mol. The van der Waals surface area contributed by atoms with Crippen LogP contribution in [0.5, 0.6) is 0 Å². The lowest BCUT2D eigenvalue weighted by Gasteiger charge is -2.34. The van der Waals surface area contributed by atoms with E-state index in [0.29, 0.717) is 12.6 Å². The van der Waals surface area contributed by atoms with E-state index in [4.69, 9.17) is 0 Å². The van der Waals surface area contributed by atoms with Gasteiger partial charge in [-0.2, -0.15) is 0 Å². The molecule has 2 rings (SSSR count). The van der Waals surface area contributed by atoms with Gasteiger partial charge in [-0.1, -0.05) is 13.0 Å². The van der Waals surface area contributed by atoms with Crippen LogP contribution in [0.25, 0.3) is 0 Å². The third kappa shape index (κ3) is 5.56. The van der Waals surface area contributed by atoms with Crippen molar-refractivity contribution in [3.8, 4) is 0 Å². The van der Waals surface area contributed by atoms with Crippen molar-refractivity contribution in [3.63, 3.8) is 0 Å². The van der Waals surface area contributed by atoms with Gasteiger partial charge in [-0.05, 0) is 79.7 Å². The molecule has 0 aliphatic carbocycles. The maximum atomic E-state index is 12.3. The second-order valence-corrected chi connectivity index (χ2v) is 6.76. The van der Waals surface area contributed by atoms with Crippen LogP contribution in [0.15, 0.2) is 24.3 Å². The normalized spacial score (nSPS) is 16.1. The maximum absolute atomic E-state index is 12.3. The van der Waals surface area contributed by atoms with Gasteiger partial charge in [0.2, 0.25) is 5.91 Å². The number of carbonyl (C=O) groups excluding carboxylic acids is 1. The van der Waals surface area contributed by atoms with E-state index in [-0.39, 0.29) is 5.91 Å². The fourth-order valence-corrected chi connectivity index (χ4v) is 3.34. The lowest BCUT2D eigenvalue weighted by Crippen LogP contribution is -2.46. The van der Waals surface area contributed by atoms with E-state index in [1.54, 1.807) is 0 Å². The van der Waals surface area contributed by atoms with E-state index in [2.05, 4.69) is 45.0 Å². The summed E-state index contributed by atoms with van der Waals surface area (Å²) in [6, 6.07) is 8.46. The highest BCUT2D eigenvalue weighted by Crippen LogP contribution is 2.14. The predicted molar refractivity (Wildman–Crippen MR) is 95.5 cm³/mol. The fraction of sp³-hybridized carbons (Fsp3) is 0.562. The molecule has 21 heavy (non-hydrogen) atoms. The Kier molecular flexibility index (Phi) is 6.92. The smallest absolute Gasteiger partial charge is 0.238 e. The highest BCUT2D eigenvalue weighted by Gasteiger charge is 2.22. The van der Waals surface area contributed by atoms with Gasteiger partial charge in [-0.15, -0.1) is 0 Å². The average Bonchev–Trinajstić information content (AvgIpc) is 2.47. The molecule has 0 unspecified atom stereocenters. The topological polar surface area (TPSA) is 44.4 Å². The second kappa shape index (κ2) is 8.70. The van der Waals surface area contributed by atoms with Crippen molar-refractivity contribution < 1.29 is 4.79 Å². The first-order chi connectivity index (χ1) is 10.2. The second-order valence-electron chi connectivity index (χ2n) is 5.51. The van der Waals surface area contributed by atoms with E-state index in [0.717, 1.165) is 48.2 Å². The quantitative estimate of drug-likeness (QED) is 0.721. The molecule has 0 radical (unpaired) electrons. The summed E-state index contributed by atoms with van der Waals surface area (Å²) >= 11 is 2.26. The summed E-state index contributed by atoms with van der Waals surface area (Å²) in [4.78, 5) is 14.6. The van der Waals surface area contributed by atoms with Crippen LogP contribution >= 0.6 is 22.6 Å². The third-order valence-electron chi connectivity index (χ3n) is 3.79. The van der Waals surface area contributed by atoms with Crippen molar-refractivity contribution in [3.05, 3.63) is 27.8 Å². The predicted octanol–water partition coefficient (Wildman–Crippen LogP) is 2.69. The van der Waals surface area contributed by atoms with E-state index in [9.17, 15) is 4.79 Å². The Morgan fingerprint density at radius 1 is 1.43 bits per heavy atom. The molecule has 1 aliphatic heterocycles. The van der Waals surface area contributed by atoms with Gasteiger partial charge in [0.15, 0.2) is 0 Å². The number of piperidine rings is 1. The summed E-state index contributed by atoms with van der Waals surface area (Å²) in [7, 11) is 0. The Bertz CT molecular complexity index is 461. The van der Waals surface area contributed by atoms with Crippen LogP contribution in [-0.4, -0.2) is 43.0 Å². The Hall–Kier alpha value is -0.660. The number of amides is 1. The molecule has 0 saturated carbocycles. The highest BCUT2D eigenvalue weighted by molar-refractivity contribution is 14.1. The number of carbonyl (C=O) groups is 1. The minimum Gasteiger partial charge on any atom is -0.325 e. The van der Waals surface area contributed by atoms with Gasteiger partial charge in [0.05, 0.1) is 6.54 Å². The van der Waals surface area contributed by atoms with E-state index >= 15 is 0 Å². The number of rotatable bonds is 6. The van der Waals surface area contributed by atoms with Gasteiger partial charge in [0.1, 0.15) is 0 Å². The van der Waals surface area contributed by atoms with Crippen LogP contribution in [0.3, 0.4) is 0 Å². The van der Waals surface area contributed by atoms with Crippen LogP contribution < -0.4 is 10.6 Å². The molecule has 0 aromatic heterocycles. The molecule has 1 fully saturated rings. The monoisotopic (exact) mass is 401 g/mol. The lowest BCUT2D eigenvalue weighted by atomic mass is 10.0. The molecule has 0 spiro atoms. The molecule has 1 aromatic rings. The number of benzene rings is 1. The minimum absolute atomic E-state index is 0.0870. The molecular formula is C16H24IN3O. The highest BCUT2D eigenvalue weighted by atomic mass is 127. The SMILES string of the molecule is CCCN(CC(=O)Nc1cccc(I)c1)C1CCNCC1. The van der Waals surface area contributed by atoms with Crippen LogP contribution in [0, 0.1) is 3.57 Å². The molecule has 1 saturated heterocycles. The fourth-order valence-electron chi connectivity index (χ4n) is 2.80. The van der Waals surface area contributed by atoms with Gasteiger partial charge in [-0.25, -0.2) is 0 Å². The van der Waals surface area contributed by atoms with Crippen molar-refractivity contribution in [2.75, 3.05) is 31.5 Å². The van der Waals surface area contributed by atoms with Crippen molar-refractivity contribution in [2.24, 2.45) is 0 Å². The molecule has 4 nitrogen and oxygen atoms in total. The molecule has 116 valence electrons. The Balaban J connectivity index is 1.91. The Morgan fingerprint density at radius 2 is 2.19 bits per heavy atom. The molecule has 1 amide bonds.